The first kappa shape index (κ1) is 26.2. The number of unbranched alkanes of at least 4 members (excludes halogenated alkanes) is 2. The third-order valence-corrected chi connectivity index (χ3v) is 4.11. The fourth-order valence-electron chi connectivity index (χ4n) is 2.65. The molecule has 0 saturated heterocycles. The predicted molar refractivity (Wildman–Crippen MR) is 117 cm³/mol. The summed E-state index contributed by atoms with van der Waals surface area (Å²) < 4.78 is 21.9. The predicted octanol–water partition coefficient (Wildman–Crippen LogP) is 4.24. The Morgan fingerprint density at radius 1 is 1.00 bits per heavy atom. The first-order valence-corrected chi connectivity index (χ1v) is 10.8. The normalized spacial score (nSPS) is 12.4. The third kappa shape index (κ3) is 13.4. The van der Waals surface area contributed by atoms with Crippen LogP contribution in [0, 0.1) is 0 Å². The van der Waals surface area contributed by atoms with Crippen LogP contribution in [-0.2, 0) is 14.2 Å². The second kappa shape index (κ2) is 15.0. The van der Waals surface area contributed by atoms with Gasteiger partial charge in [-0.15, -0.1) is 0 Å². The number of alkyl carbamates (subject to hydrolysis) is 1. The molecule has 7 heteroatoms. The molecule has 0 bridgehead atoms. The molecule has 7 nitrogen and oxygen atoms in total. The quantitative estimate of drug-likeness (QED) is 0.409. The topological polar surface area (TPSA) is 86.3 Å². The van der Waals surface area contributed by atoms with Gasteiger partial charge < -0.3 is 29.4 Å². The van der Waals surface area contributed by atoms with E-state index >= 15 is 0 Å². The average Bonchev–Trinajstić information content (AvgIpc) is 2.67. The summed E-state index contributed by atoms with van der Waals surface area (Å²) in [6, 6.07) is 7.59. The minimum Gasteiger partial charge on any atom is -0.494 e. The summed E-state index contributed by atoms with van der Waals surface area (Å²) >= 11 is 0. The molecule has 0 aliphatic heterocycles. The Morgan fingerprint density at radius 2 is 1.67 bits per heavy atom. The molecule has 0 heterocycles. The van der Waals surface area contributed by atoms with Crippen molar-refractivity contribution >= 4 is 6.09 Å². The van der Waals surface area contributed by atoms with E-state index < -0.39 is 11.7 Å². The lowest BCUT2D eigenvalue weighted by Crippen LogP contribution is -2.34. The zero-order valence-electron chi connectivity index (χ0n) is 18.9. The van der Waals surface area contributed by atoms with E-state index in [1.165, 1.54) is 0 Å². The number of carbonyl (C=O) groups excluding carboxylic acids is 1. The van der Waals surface area contributed by atoms with Crippen molar-refractivity contribution in [1.82, 2.24) is 5.32 Å². The third-order valence-electron chi connectivity index (χ3n) is 4.11. The molecular weight excluding hydrogens is 386 g/mol. The molecule has 1 amide bonds. The number of ether oxygens (including phenoxy) is 4. The number of amides is 1. The van der Waals surface area contributed by atoms with E-state index in [0.29, 0.717) is 26.4 Å². The lowest BCUT2D eigenvalue weighted by molar-refractivity contribution is 0.0507. The van der Waals surface area contributed by atoms with Crippen LogP contribution in [-0.4, -0.2) is 56.4 Å². The molecule has 0 saturated carbocycles. The van der Waals surface area contributed by atoms with Crippen LogP contribution >= 0.6 is 0 Å². The number of benzene rings is 1. The first-order valence-electron chi connectivity index (χ1n) is 10.8. The molecule has 0 unspecified atom stereocenters. The van der Waals surface area contributed by atoms with Gasteiger partial charge in [0.05, 0.1) is 25.9 Å². The molecular formula is C23H39NO6. The lowest BCUT2D eigenvalue weighted by atomic mass is 10.1. The van der Waals surface area contributed by atoms with Crippen LogP contribution in [0.3, 0.4) is 0 Å². The Morgan fingerprint density at radius 3 is 2.37 bits per heavy atom. The van der Waals surface area contributed by atoms with E-state index in [9.17, 15) is 4.79 Å². The maximum Gasteiger partial charge on any atom is 0.408 e. The fourth-order valence-corrected chi connectivity index (χ4v) is 2.65. The van der Waals surface area contributed by atoms with Gasteiger partial charge in [0.1, 0.15) is 11.4 Å². The molecule has 0 radical (unpaired) electrons. The Bertz CT molecular complexity index is 587. The number of aliphatic hydroxyl groups is 1. The van der Waals surface area contributed by atoms with Crippen molar-refractivity contribution in [3.8, 4) is 5.75 Å². The van der Waals surface area contributed by atoms with Crippen molar-refractivity contribution in [1.29, 1.82) is 0 Å². The Hall–Kier alpha value is -1.83. The highest BCUT2D eigenvalue weighted by Crippen LogP contribution is 2.20. The largest absolute Gasteiger partial charge is 0.494 e. The highest BCUT2D eigenvalue weighted by atomic mass is 16.6. The van der Waals surface area contributed by atoms with Crippen molar-refractivity contribution < 1.29 is 28.8 Å². The van der Waals surface area contributed by atoms with Gasteiger partial charge in [-0.25, -0.2) is 4.79 Å². The fraction of sp³-hybridized carbons (Fsp3) is 0.696. The first-order chi connectivity index (χ1) is 14.3. The Kier molecular flexibility index (Phi) is 13.1. The van der Waals surface area contributed by atoms with E-state index in [2.05, 4.69) is 5.32 Å². The number of rotatable bonds is 15. The zero-order chi connectivity index (χ0) is 22.2. The monoisotopic (exact) mass is 425 g/mol. The van der Waals surface area contributed by atoms with Crippen molar-refractivity contribution in [2.24, 2.45) is 0 Å². The summed E-state index contributed by atoms with van der Waals surface area (Å²) in [5, 5.41) is 11.4. The standard InChI is InChI=1S/C23H39NO6/c1-19(24-22(26)30-23(2,3)4)20-10-8-11-21(18-20)29-16-7-5-6-13-27-14-9-15-28-17-12-25/h8,10-11,18-19,25H,5-7,9,12-17H2,1-4H3,(H,24,26)/t19-/m1/s1. The molecule has 0 aliphatic rings. The van der Waals surface area contributed by atoms with E-state index in [1.807, 2.05) is 52.0 Å². The van der Waals surface area contributed by atoms with Crippen molar-refractivity contribution in [3.63, 3.8) is 0 Å². The lowest BCUT2D eigenvalue weighted by Gasteiger charge is -2.22. The molecule has 1 aromatic carbocycles. The molecule has 1 atom stereocenters. The molecule has 2 N–H and O–H groups in total. The van der Waals surface area contributed by atoms with Gasteiger partial charge in [0.15, 0.2) is 0 Å². The number of hydrogen-bond donors (Lipinski definition) is 2. The van der Waals surface area contributed by atoms with Crippen molar-refractivity contribution in [3.05, 3.63) is 29.8 Å². The van der Waals surface area contributed by atoms with E-state index in [4.69, 9.17) is 24.1 Å². The van der Waals surface area contributed by atoms with Gasteiger partial charge in [0.2, 0.25) is 0 Å². The summed E-state index contributed by atoms with van der Waals surface area (Å²) in [6.07, 6.45) is 3.41. The minimum absolute atomic E-state index is 0.0647. The van der Waals surface area contributed by atoms with Gasteiger partial charge in [-0.1, -0.05) is 12.1 Å². The molecule has 30 heavy (non-hydrogen) atoms. The summed E-state index contributed by atoms with van der Waals surface area (Å²) in [5.74, 6) is 0.796. The minimum atomic E-state index is -0.519. The highest BCUT2D eigenvalue weighted by molar-refractivity contribution is 5.68. The summed E-state index contributed by atoms with van der Waals surface area (Å²) in [7, 11) is 0. The van der Waals surface area contributed by atoms with Gasteiger partial charge in [0, 0.05) is 19.8 Å². The maximum absolute atomic E-state index is 11.9. The second-order valence-corrected chi connectivity index (χ2v) is 8.15. The SMILES string of the molecule is C[C@@H](NC(=O)OC(C)(C)C)c1cccc(OCCCCCOCCCOCCO)c1. The van der Waals surface area contributed by atoms with Gasteiger partial charge in [0.25, 0.3) is 0 Å². The smallest absolute Gasteiger partial charge is 0.408 e. The Labute approximate surface area is 181 Å². The summed E-state index contributed by atoms with van der Waals surface area (Å²) in [4.78, 5) is 11.9. The average molecular weight is 426 g/mol. The molecule has 1 aromatic rings. The summed E-state index contributed by atoms with van der Waals surface area (Å²) in [6.45, 7) is 10.6. The number of hydrogen-bond acceptors (Lipinski definition) is 6. The van der Waals surface area contributed by atoms with Crippen LogP contribution in [0.4, 0.5) is 4.79 Å². The van der Waals surface area contributed by atoms with Crippen molar-refractivity contribution in [2.45, 2.75) is 65.0 Å². The number of aliphatic hydroxyl groups excluding tert-OH is 1. The zero-order valence-corrected chi connectivity index (χ0v) is 18.9. The van der Waals surface area contributed by atoms with Crippen LogP contribution in [0.25, 0.3) is 0 Å². The molecule has 1 rings (SSSR count). The number of carbonyl (C=O) groups is 1. The second-order valence-electron chi connectivity index (χ2n) is 8.15. The summed E-state index contributed by atoms with van der Waals surface area (Å²) in [5.41, 5.74) is 0.448. The van der Waals surface area contributed by atoms with Crippen molar-refractivity contribution in [2.75, 3.05) is 39.6 Å². The highest BCUT2D eigenvalue weighted by Gasteiger charge is 2.18. The molecule has 0 aromatic heterocycles. The van der Waals surface area contributed by atoms with Crippen LogP contribution in [0.2, 0.25) is 0 Å². The van der Waals surface area contributed by atoms with Crippen LogP contribution in [0.15, 0.2) is 24.3 Å². The van der Waals surface area contributed by atoms with Gasteiger partial charge >= 0.3 is 6.09 Å². The van der Waals surface area contributed by atoms with Crippen LogP contribution in [0.1, 0.15) is 65.0 Å². The van der Waals surface area contributed by atoms with Crippen LogP contribution < -0.4 is 10.1 Å². The maximum atomic E-state index is 11.9. The molecule has 0 spiro atoms. The molecule has 172 valence electrons. The van der Waals surface area contributed by atoms with E-state index in [1.54, 1.807) is 0 Å². The molecule has 0 aliphatic carbocycles. The van der Waals surface area contributed by atoms with E-state index in [0.717, 1.165) is 43.6 Å². The van der Waals surface area contributed by atoms with Gasteiger partial charge in [-0.2, -0.15) is 0 Å². The van der Waals surface area contributed by atoms with Crippen LogP contribution in [0.5, 0.6) is 5.75 Å². The van der Waals surface area contributed by atoms with E-state index in [-0.39, 0.29) is 12.6 Å². The van der Waals surface area contributed by atoms with Gasteiger partial charge in [-0.3, -0.25) is 0 Å². The molecule has 0 fully saturated rings. The number of nitrogens with one attached hydrogen (secondary N) is 1. The Balaban J connectivity index is 2.17. The van der Waals surface area contributed by atoms with Gasteiger partial charge in [-0.05, 0) is 71.1 Å².